The first-order valence-electron chi connectivity index (χ1n) is 9.66. The summed E-state index contributed by atoms with van der Waals surface area (Å²) in [5.41, 5.74) is 1.93. The van der Waals surface area contributed by atoms with Crippen LogP contribution in [0.4, 0.5) is 5.69 Å². The molecule has 1 amide bonds. The number of nitrogens with one attached hydrogen (secondary N) is 2. The second-order valence-corrected chi connectivity index (χ2v) is 8.24. The van der Waals surface area contributed by atoms with E-state index in [1.807, 2.05) is 17.0 Å². The third-order valence-corrected chi connectivity index (χ3v) is 6.38. The van der Waals surface area contributed by atoms with Crippen LogP contribution < -0.4 is 10.2 Å². The number of carbonyl (C=O) groups excluding carboxylic acids is 1. The van der Waals surface area contributed by atoms with E-state index < -0.39 is 24.0 Å². The van der Waals surface area contributed by atoms with E-state index in [2.05, 4.69) is 15.3 Å². The number of carboxylic acids is 1. The lowest BCUT2D eigenvalue weighted by atomic mass is 10.00. The van der Waals surface area contributed by atoms with Gasteiger partial charge in [0.05, 0.1) is 27.7 Å². The van der Waals surface area contributed by atoms with Crippen LogP contribution in [0.25, 0.3) is 10.9 Å². The molecule has 1 aliphatic heterocycles. The number of para-hydroxylation sites is 1. The van der Waals surface area contributed by atoms with Gasteiger partial charge in [-0.05, 0) is 25.5 Å². The second kappa shape index (κ2) is 8.37. The molecule has 0 radical (unpaired) electrons. The average Bonchev–Trinajstić information content (AvgIpc) is 3.01. The molecule has 4 N–H and O–H groups in total. The highest BCUT2D eigenvalue weighted by Crippen LogP contribution is 2.31. The maximum atomic E-state index is 12.6. The monoisotopic (exact) mass is 462 g/mol. The molecule has 162 valence electrons. The van der Waals surface area contributed by atoms with Gasteiger partial charge in [-0.2, -0.15) is 0 Å². The molecule has 2 atom stereocenters. The number of hydrogen-bond acceptors (Lipinski definition) is 5. The Morgan fingerprint density at radius 1 is 1.26 bits per heavy atom. The zero-order valence-corrected chi connectivity index (χ0v) is 18.0. The number of pyridine rings is 1. The van der Waals surface area contributed by atoms with E-state index in [4.69, 9.17) is 23.2 Å². The first-order chi connectivity index (χ1) is 14.8. The lowest BCUT2D eigenvalue weighted by molar-refractivity contribution is 0.0690. The minimum Gasteiger partial charge on any atom is -0.477 e. The molecule has 31 heavy (non-hydrogen) atoms. The lowest BCUT2D eigenvalue weighted by Crippen LogP contribution is -2.54. The van der Waals surface area contributed by atoms with Crippen LogP contribution in [0.2, 0.25) is 10.0 Å². The largest absolute Gasteiger partial charge is 0.477 e. The number of aromatic nitrogens is 2. The van der Waals surface area contributed by atoms with Crippen molar-refractivity contribution in [3.8, 4) is 0 Å². The number of fused-ring (bicyclic) bond motifs is 1. The summed E-state index contributed by atoms with van der Waals surface area (Å²) < 4.78 is 0. The SMILES string of the molecule is Cc1[nH]c(C(=O)N[C@@H]2CCN(c3cc(C(=O)O)nc4ccccc34)C[C@@H]2O)c(Cl)c1Cl. The number of halogens is 2. The molecular formula is C21H20Cl2N4O4. The Morgan fingerprint density at radius 2 is 2.00 bits per heavy atom. The number of anilines is 1. The Morgan fingerprint density at radius 3 is 2.65 bits per heavy atom. The van der Waals surface area contributed by atoms with Crippen molar-refractivity contribution < 1.29 is 19.8 Å². The summed E-state index contributed by atoms with van der Waals surface area (Å²) in [5, 5.41) is 24.2. The van der Waals surface area contributed by atoms with Crippen molar-refractivity contribution in [1.29, 1.82) is 0 Å². The molecule has 1 aromatic carbocycles. The van der Waals surface area contributed by atoms with Crippen molar-refractivity contribution in [2.45, 2.75) is 25.5 Å². The zero-order valence-electron chi connectivity index (χ0n) is 16.5. The van der Waals surface area contributed by atoms with Gasteiger partial charge >= 0.3 is 5.97 Å². The Labute approximate surface area is 187 Å². The predicted octanol–water partition coefficient (Wildman–Crippen LogP) is 3.25. The quantitative estimate of drug-likeness (QED) is 0.472. The maximum Gasteiger partial charge on any atom is 0.354 e. The van der Waals surface area contributed by atoms with Crippen molar-refractivity contribution in [2.75, 3.05) is 18.0 Å². The van der Waals surface area contributed by atoms with Crippen LogP contribution in [0.1, 0.15) is 33.1 Å². The average molecular weight is 463 g/mol. The molecule has 1 fully saturated rings. The molecule has 0 aliphatic carbocycles. The first kappa shape index (κ1) is 21.4. The molecule has 1 aliphatic rings. The van der Waals surface area contributed by atoms with Gasteiger partial charge in [0.25, 0.3) is 5.91 Å². The predicted molar refractivity (Wildman–Crippen MR) is 118 cm³/mol. The number of rotatable bonds is 4. The standard InChI is InChI=1S/C21H20Cl2N4O4/c1-10-17(22)18(23)19(24-10)20(29)26-13-6-7-27(9-16(13)28)15-8-14(21(30)31)25-12-5-3-2-4-11(12)15/h2-5,8,13,16,24,28H,6-7,9H2,1H3,(H,26,29)(H,30,31)/t13-,16+/m1/s1. The number of benzene rings is 1. The van der Waals surface area contributed by atoms with Gasteiger partial charge in [0.1, 0.15) is 5.69 Å². The highest BCUT2D eigenvalue weighted by atomic mass is 35.5. The highest BCUT2D eigenvalue weighted by Gasteiger charge is 2.31. The number of hydrogen-bond donors (Lipinski definition) is 4. The number of aliphatic hydroxyl groups is 1. The zero-order chi connectivity index (χ0) is 22.3. The van der Waals surface area contributed by atoms with Crippen molar-refractivity contribution in [3.05, 3.63) is 57.5 Å². The third kappa shape index (κ3) is 4.06. The second-order valence-electron chi connectivity index (χ2n) is 7.48. The minimum atomic E-state index is -1.12. The number of nitrogens with zero attached hydrogens (tertiary/aromatic N) is 2. The molecule has 0 spiro atoms. The summed E-state index contributed by atoms with van der Waals surface area (Å²) in [4.78, 5) is 33.1. The summed E-state index contributed by atoms with van der Waals surface area (Å²) in [6.07, 6.45) is -0.417. The Kier molecular flexibility index (Phi) is 5.79. The van der Waals surface area contributed by atoms with Crippen molar-refractivity contribution in [1.82, 2.24) is 15.3 Å². The van der Waals surface area contributed by atoms with Crippen molar-refractivity contribution >= 4 is 51.7 Å². The summed E-state index contributed by atoms with van der Waals surface area (Å²) in [6.45, 7) is 2.44. The Hall–Kier alpha value is -2.81. The number of β-amino-alcohol motifs (C(OH)–C–C–N with tert-alkyl or cyclic N) is 1. The fourth-order valence-corrected chi connectivity index (χ4v) is 4.23. The number of aliphatic hydroxyl groups excluding tert-OH is 1. The Balaban J connectivity index is 1.54. The molecule has 4 rings (SSSR count). The molecule has 3 heterocycles. The normalized spacial score (nSPS) is 18.9. The number of amides is 1. The van der Waals surface area contributed by atoms with Gasteiger partial charge in [0.15, 0.2) is 5.69 Å². The molecular weight excluding hydrogens is 443 g/mol. The minimum absolute atomic E-state index is 0.0627. The molecule has 10 heteroatoms. The van der Waals surface area contributed by atoms with Gasteiger partial charge in [-0.3, -0.25) is 4.79 Å². The van der Waals surface area contributed by atoms with E-state index in [0.717, 1.165) is 5.39 Å². The summed E-state index contributed by atoms with van der Waals surface area (Å²) >= 11 is 12.2. The number of aromatic amines is 1. The summed E-state index contributed by atoms with van der Waals surface area (Å²) in [7, 11) is 0. The van der Waals surface area contributed by atoms with Gasteiger partial charge < -0.3 is 25.4 Å². The van der Waals surface area contributed by atoms with E-state index in [9.17, 15) is 19.8 Å². The van der Waals surface area contributed by atoms with Gasteiger partial charge in [-0.15, -0.1) is 0 Å². The molecule has 0 unspecified atom stereocenters. The lowest BCUT2D eigenvalue weighted by Gasteiger charge is -2.38. The third-order valence-electron chi connectivity index (χ3n) is 5.43. The van der Waals surface area contributed by atoms with Gasteiger partial charge in [-0.1, -0.05) is 41.4 Å². The Bertz CT molecular complexity index is 1180. The van der Waals surface area contributed by atoms with Crippen molar-refractivity contribution in [3.63, 3.8) is 0 Å². The van der Waals surface area contributed by atoms with E-state index in [-0.39, 0.29) is 23.0 Å². The van der Waals surface area contributed by atoms with Crippen LogP contribution in [0, 0.1) is 6.92 Å². The highest BCUT2D eigenvalue weighted by molar-refractivity contribution is 6.44. The topological polar surface area (TPSA) is 119 Å². The smallest absolute Gasteiger partial charge is 0.354 e. The maximum absolute atomic E-state index is 12.6. The van der Waals surface area contributed by atoms with Crippen molar-refractivity contribution in [2.24, 2.45) is 0 Å². The summed E-state index contributed by atoms with van der Waals surface area (Å²) in [5.74, 6) is -1.56. The van der Waals surface area contributed by atoms with Crippen LogP contribution in [0.3, 0.4) is 0 Å². The molecule has 0 bridgehead atoms. The number of H-pyrrole nitrogens is 1. The molecule has 0 saturated carbocycles. The fourth-order valence-electron chi connectivity index (χ4n) is 3.82. The molecule has 2 aromatic heterocycles. The molecule has 8 nitrogen and oxygen atoms in total. The first-order valence-corrected chi connectivity index (χ1v) is 10.4. The van der Waals surface area contributed by atoms with Crippen LogP contribution in [-0.4, -0.2) is 57.3 Å². The fraction of sp³-hybridized carbons (Fsp3) is 0.286. The number of aryl methyl sites for hydroxylation is 1. The van der Waals surface area contributed by atoms with E-state index >= 15 is 0 Å². The van der Waals surface area contributed by atoms with E-state index in [1.165, 1.54) is 6.07 Å². The van der Waals surface area contributed by atoms with Crippen LogP contribution in [-0.2, 0) is 0 Å². The number of piperidine rings is 1. The van der Waals surface area contributed by atoms with E-state index in [1.54, 1.807) is 19.1 Å². The van der Waals surface area contributed by atoms with Crippen LogP contribution in [0.15, 0.2) is 30.3 Å². The van der Waals surface area contributed by atoms with Gasteiger partial charge in [0, 0.05) is 29.9 Å². The van der Waals surface area contributed by atoms with Gasteiger partial charge in [0.2, 0.25) is 0 Å². The van der Waals surface area contributed by atoms with E-state index in [0.29, 0.717) is 34.9 Å². The van der Waals surface area contributed by atoms with Gasteiger partial charge in [-0.25, -0.2) is 9.78 Å². The van der Waals surface area contributed by atoms with Crippen LogP contribution >= 0.6 is 23.2 Å². The molecule has 3 aromatic rings. The van der Waals surface area contributed by atoms with Crippen LogP contribution in [0.5, 0.6) is 0 Å². The summed E-state index contributed by atoms with van der Waals surface area (Å²) in [6, 6.07) is 8.28. The number of carboxylic acid groups (broad SMARTS) is 1. The molecule has 1 saturated heterocycles. The number of carbonyl (C=O) groups is 2. The number of aromatic carboxylic acids is 1.